The van der Waals surface area contributed by atoms with Crippen molar-refractivity contribution in [1.29, 1.82) is 0 Å². The average molecular weight is 569 g/mol. The van der Waals surface area contributed by atoms with Gasteiger partial charge in [-0.3, -0.25) is 30.2 Å². The number of amides is 6. The molecule has 0 radical (unpaired) electrons. The van der Waals surface area contributed by atoms with Gasteiger partial charge in [0, 0.05) is 19.6 Å². The van der Waals surface area contributed by atoms with E-state index in [-0.39, 0.29) is 25.2 Å². The van der Waals surface area contributed by atoms with E-state index in [2.05, 4.69) is 10.9 Å². The van der Waals surface area contributed by atoms with Gasteiger partial charge < -0.3 is 19.3 Å². The number of carbonyl (C=O) groups excluding carboxylic acids is 5. The van der Waals surface area contributed by atoms with Crippen LogP contribution in [0.2, 0.25) is 0 Å². The standard InChI is InChI=1S/C26H44N6O8/c1-8-9-12-38-32-17-10-11-19(31(15-17)22(32)35)21(34)28-27-20(33)16-30(24(37)40-26(5,6)7)18-13-29(14-18)23(36)39-25(2,3)4/h17-19H,8-16H2,1-7H3,(H,27,33)(H,28,34)/t17?,19-/m0/s1. The van der Waals surface area contributed by atoms with Crippen molar-refractivity contribution in [3.8, 4) is 0 Å². The van der Waals surface area contributed by atoms with Crippen LogP contribution in [-0.4, -0.2) is 112 Å². The monoisotopic (exact) mass is 568 g/mol. The molecule has 0 aromatic carbocycles. The zero-order valence-electron chi connectivity index (χ0n) is 24.7. The first-order chi connectivity index (χ1) is 18.6. The maximum atomic E-state index is 12.9. The fourth-order valence-electron chi connectivity index (χ4n) is 4.58. The number of fused-ring (bicyclic) bond motifs is 2. The first-order valence-corrected chi connectivity index (χ1v) is 13.9. The van der Waals surface area contributed by atoms with Gasteiger partial charge in [-0.05, 0) is 60.8 Å². The van der Waals surface area contributed by atoms with E-state index < -0.39 is 53.8 Å². The summed E-state index contributed by atoms with van der Waals surface area (Å²) in [5.41, 5.74) is 3.27. The van der Waals surface area contributed by atoms with Crippen molar-refractivity contribution in [2.24, 2.45) is 0 Å². The Hall–Kier alpha value is -3.29. The van der Waals surface area contributed by atoms with Crippen molar-refractivity contribution in [3.05, 3.63) is 0 Å². The molecule has 6 amide bonds. The largest absolute Gasteiger partial charge is 0.444 e. The van der Waals surface area contributed by atoms with Crippen molar-refractivity contribution in [1.82, 2.24) is 30.6 Å². The van der Waals surface area contributed by atoms with E-state index in [1.54, 1.807) is 41.5 Å². The van der Waals surface area contributed by atoms with Crippen LogP contribution in [-0.2, 0) is 23.9 Å². The molecular weight excluding hydrogens is 524 g/mol. The van der Waals surface area contributed by atoms with Crippen molar-refractivity contribution < 1.29 is 38.3 Å². The van der Waals surface area contributed by atoms with Gasteiger partial charge in [-0.2, -0.15) is 5.06 Å². The van der Waals surface area contributed by atoms with Gasteiger partial charge in [-0.15, -0.1) is 0 Å². The highest BCUT2D eigenvalue weighted by Crippen LogP contribution is 2.30. The lowest BCUT2D eigenvalue weighted by Gasteiger charge is -2.45. The summed E-state index contributed by atoms with van der Waals surface area (Å²) in [6.45, 7) is 13.2. The predicted molar refractivity (Wildman–Crippen MR) is 142 cm³/mol. The summed E-state index contributed by atoms with van der Waals surface area (Å²) in [6, 6.07) is -1.69. The van der Waals surface area contributed by atoms with Crippen molar-refractivity contribution in [2.75, 3.05) is 32.8 Å². The predicted octanol–water partition coefficient (Wildman–Crippen LogP) is 1.99. The summed E-state index contributed by atoms with van der Waals surface area (Å²) >= 11 is 0. The smallest absolute Gasteiger partial charge is 0.411 e. The fourth-order valence-corrected chi connectivity index (χ4v) is 4.58. The van der Waals surface area contributed by atoms with Crippen molar-refractivity contribution >= 4 is 30.0 Å². The van der Waals surface area contributed by atoms with Crippen LogP contribution in [0.25, 0.3) is 0 Å². The number of hydrogen-bond acceptors (Lipinski definition) is 8. The maximum Gasteiger partial charge on any atom is 0.411 e. The molecule has 1 unspecified atom stereocenters. The first-order valence-electron chi connectivity index (χ1n) is 13.9. The van der Waals surface area contributed by atoms with Crippen LogP contribution in [0.15, 0.2) is 0 Å². The fraction of sp³-hybridized carbons (Fsp3) is 0.808. The van der Waals surface area contributed by atoms with Crippen LogP contribution in [0.5, 0.6) is 0 Å². The molecule has 3 rings (SSSR count). The molecule has 2 atom stereocenters. The lowest BCUT2D eigenvalue weighted by Crippen LogP contribution is -2.65. The van der Waals surface area contributed by atoms with E-state index >= 15 is 0 Å². The van der Waals surface area contributed by atoms with Gasteiger partial charge in [0.05, 0.1) is 18.7 Å². The van der Waals surface area contributed by atoms with Crippen molar-refractivity contribution in [2.45, 2.75) is 103 Å². The number of unbranched alkanes of at least 4 members (excludes halogenated alkanes) is 1. The van der Waals surface area contributed by atoms with Gasteiger partial charge in [0.1, 0.15) is 23.8 Å². The first kappa shape index (κ1) is 31.2. The van der Waals surface area contributed by atoms with Crippen molar-refractivity contribution in [3.63, 3.8) is 0 Å². The third kappa shape index (κ3) is 8.12. The summed E-state index contributed by atoms with van der Waals surface area (Å²) in [5, 5.41) is 1.36. The van der Waals surface area contributed by atoms with E-state index in [0.29, 0.717) is 26.0 Å². The number of likely N-dealkylation sites (tertiary alicyclic amines) is 1. The number of nitrogens with zero attached hydrogens (tertiary/aromatic N) is 4. The topological polar surface area (TPSA) is 150 Å². The Morgan fingerprint density at radius 1 is 0.950 bits per heavy atom. The SMILES string of the molecule is CCCCON1C(=O)N2CC1CC[C@H]2C(=O)NNC(=O)CN(C(=O)OC(C)(C)C)C1CN(C(=O)OC(C)(C)C)C1. The minimum atomic E-state index is -0.802. The molecule has 3 saturated heterocycles. The number of ether oxygens (including phenoxy) is 2. The van der Waals surface area contributed by atoms with Crippen LogP contribution in [0.1, 0.15) is 74.1 Å². The minimum Gasteiger partial charge on any atom is -0.444 e. The third-order valence-electron chi connectivity index (χ3n) is 6.58. The zero-order chi connectivity index (χ0) is 29.8. The molecule has 0 aromatic heterocycles. The minimum absolute atomic E-state index is 0.104. The number of hydroxylamine groups is 2. The summed E-state index contributed by atoms with van der Waals surface area (Å²) in [7, 11) is 0. The summed E-state index contributed by atoms with van der Waals surface area (Å²) in [4.78, 5) is 73.5. The molecule has 3 aliphatic heterocycles. The number of hydrazine groups is 1. The molecule has 3 aliphatic rings. The van der Waals surface area contributed by atoms with E-state index in [0.717, 1.165) is 12.8 Å². The molecule has 226 valence electrons. The van der Waals surface area contributed by atoms with Crippen LogP contribution in [0.3, 0.4) is 0 Å². The van der Waals surface area contributed by atoms with E-state index in [9.17, 15) is 24.0 Å². The molecule has 0 aromatic rings. The van der Waals surface area contributed by atoms with Gasteiger partial charge in [0.25, 0.3) is 11.8 Å². The molecule has 0 spiro atoms. The average Bonchev–Trinajstić information content (AvgIpc) is 3.03. The number of hydrogen-bond donors (Lipinski definition) is 2. The Balaban J connectivity index is 1.54. The molecule has 3 heterocycles. The Morgan fingerprint density at radius 3 is 2.20 bits per heavy atom. The Bertz CT molecular complexity index is 971. The third-order valence-corrected chi connectivity index (χ3v) is 6.58. The summed E-state index contributed by atoms with van der Waals surface area (Å²) in [5.74, 6) is -1.18. The number of carbonyl (C=O) groups is 5. The van der Waals surface area contributed by atoms with Gasteiger partial charge >= 0.3 is 18.2 Å². The normalized spacial score (nSPS) is 21.1. The van der Waals surface area contributed by atoms with Gasteiger partial charge in [0.2, 0.25) is 0 Å². The Labute approximate surface area is 235 Å². The van der Waals surface area contributed by atoms with E-state index in [4.69, 9.17) is 14.3 Å². The lowest BCUT2D eigenvalue weighted by atomic mass is 10.0. The molecule has 14 heteroatoms. The van der Waals surface area contributed by atoms with Crippen LogP contribution >= 0.6 is 0 Å². The Morgan fingerprint density at radius 2 is 1.60 bits per heavy atom. The molecule has 40 heavy (non-hydrogen) atoms. The Kier molecular flexibility index (Phi) is 9.75. The number of rotatable bonds is 8. The highest BCUT2D eigenvalue weighted by atomic mass is 16.7. The van der Waals surface area contributed by atoms with Gasteiger partial charge in [-0.1, -0.05) is 13.3 Å². The molecule has 2 bridgehead atoms. The second kappa shape index (κ2) is 12.5. The van der Waals surface area contributed by atoms with Crippen LogP contribution in [0, 0.1) is 0 Å². The number of nitrogens with one attached hydrogen (secondary N) is 2. The second-order valence-electron chi connectivity index (χ2n) is 12.4. The molecule has 2 N–H and O–H groups in total. The number of piperidine rings is 1. The highest BCUT2D eigenvalue weighted by molar-refractivity contribution is 5.90. The summed E-state index contributed by atoms with van der Waals surface area (Å²) < 4.78 is 10.8. The molecule has 0 saturated carbocycles. The second-order valence-corrected chi connectivity index (χ2v) is 12.4. The van der Waals surface area contributed by atoms with E-state index in [1.807, 2.05) is 6.92 Å². The van der Waals surface area contributed by atoms with Crippen LogP contribution in [0.4, 0.5) is 14.4 Å². The highest BCUT2D eigenvalue weighted by Gasteiger charge is 2.48. The maximum absolute atomic E-state index is 12.9. The lowest BCUT2D eigenvalue weighted by molar-refractivity contribution is -0.133. The summed E-state index contributed by atoms with van der Waals surface area (Å²) in [6.07, 6.45) is 1.57. The van der Waals surface area contributed by atoms with Gasteiger partial charge in [0.15, 0.2) is 0 Å². The van der Waals surface area contributed by atoms with Crippen LogP contribution < -0.4 is 10.9 Å². The quantitative estimate of drug-likeness (QED) is 0.333. The zero-order valence-corrected chi connectivity index (χ0v) is 24.7. The van der Waals surface area contributed by atoms with Gasteiger partial charge in [-0.25, -0.2) is 14.4 Å². The molecule has 0 aliphatic carbocycles. The molecular formula is C26H44N6O8. The molecule has 3 fully saturated rings. The number of urea groups is 1. The molecule has 14 nitrogen and oxygen atoms in total. The van der Waals surface area contributed by atoms with E-state index in [1.165, 1.54) is 19.8 Å².